The fourth-order valence-electron chi connectivity index (χ4n) is 3.38. The molecule has 17 heavy (non-hydrogen) atoms. The van der Waals surface area contributed by atoms with Gasteiger partial charge in [0.25, 0.3) is 0 Å². The summed E-state index contributed by atoms with van der Waals surface area (Å²) in [7, 11) is 0. The molecule has 1 saturated carbocycles. The van der Waals surface area contributed by atoms with Crippen molar-refractivity contribution in [2.75, 3.05) is 0 Å². The van der Waals surface area contributed by atoms with Crippen molar-refractivity contribution >= 4 is 0 Å². The first-order valence-corrected chi connectivity index (χ1v) is 5.99. The van der Waals surface area contributed by atoms with Crippen molar-refractivity contribution in [3.63, 3.8) is 0 Å². The third-order valence-corrected chi connectivity index (χ3v) is 4.01. The summed E-state index contributed by atoms with van der Waals surface area (Å²) in [5.74, 6) is -1.47. The van der Waals surface area contributed by atoms with Gasteiger partial charge in [0.1, 0.15) is 6.10 Å². The van der Waals surface area contributed by atoms with Gasteiger partial charge in [0.15, 0.2) is 5.79 Å². The lowest BCUT2D eigenvalue weighted by Crippen LogP contribution is -2.43. The van der Waals surface area contributed by atoms with E-state index >= 15 is 0 Å². The number of aliphatic hydroxyl groups is 3. The van der Waals surface area contributed by atoms with Crippen LogP contribution in [-0.2, 0) is 9.47 Å². The molecular weight excluding hydrogens is 224 g/mol. The van der Waals surface area contributed by atoms with Gasteiger partial charge in [0.2, 0.25) is 0 Å². The van der Waals surface area contributed by atoms with Crippen LogP contribution >= 0.6 is 0 Å². The molecule has 96 valence electrons. The molecule has 3 aliphatic rings. The van der Waals surface area contributed by atoms with Gasteiger partial charge >= 0.3 is 0 Å². The first kappa shape index (κ1) is 11.6. The zero-order chi connectivity index (χ0) is 12.4. The van der Waals surface area contributed by atoms with Crippen molar-refractivity contribution in [2.24, 2.45) is 11.8 Å². The second-order valence-electron chi connectivity index (χ2n) is 5.58. The SMILES string of the molecule is CC1(C)O[C@H]2[C@H](O)[C@H]3[C@@H]([C@H]2O1)[C@H](O)C=C[C@@H]3O. The predicted octanol–water partition coefficient (Wildman–Crippen LogP) is -0.595. The molecule has 3 N–H and O–H groups in total. The summed E-state index contributed by atoms with van der Waals surface area (Å²) in [5.41, 5.74) is 0. The van der Waals surface area contributed by atoms with E-state index < -0.39 is 36.1 Å². The molecule has 0 radical (unpaired) electrons. The highest BCUT2D eigenvalue weighted by molar-refractivity contribution is 5.17. The third kappa shape index (κ3) is 1.57. The van der Waals surface area contributed by atoms with Crippen molar-refractivity contribution in [3.8, 4) is 0 Å². The number of ether oxygens (including phenoxy) is 2. The maximum Gasteiger partial charge on any atom is 0.163 e. The second kappa shape index (κ2) is 3.52. The summed E-state index contributed by atoms with van der Waals surface area (Å²) in [5, 5.41) is 30.1. The molecular formula is C12H18O5. The molecule has 0 bridgehead atoms. The molecule has 3 rings (SSSR count). The molecule has 0 aromatic heterocycles. The summed E-state index contributed by atoms with van der Waals surface area (Å²) >= 11 is 0. The van der Waals surface area contributed by atoms with Crippen LogP contribution in [0, 0.1) is 11.8 Å². The van der Waals surface area contributed by atoms with Crippen LogP contribution < -0.4 is 0 Å². The molecule has 5 heteroatoms. The molecule has 1 aliphatic heterocycles. The lowest BCUT2D eigenvalue weighted by atomic mass is 9.80. The van der Waals surface area contributed by atoms with E-state index in [9.17, 15) is 15.3 Å². The molecule has 5 nitrogen and oxygen atoms in total. The standard InChI is InChI=1S/C12H18O5/c1-12(2)16-10-8-6(14)4-3-5(13)7(8)9(15)11(10)17-12/h3-11,13-15H,1-2H3/t5-,6+,7+,8-,9+,10+,11-/m0/s1. The largest absolute Gasteiger partial charge is 0.390 e. The smallest absolute Gasteiger partial charge is 0.163 e. The minimum absolute atomic E-state index is 0.309. The Balaban J connectivity index is 1.94. The molecule has 0 aromatic carbocycles. The van der Waals surface area contributed by atoms with E-state index in [0.717, 1.165) is 0 Å². The van der Waals surface area contributed by atoms with Gasteiger partial charge < -0.3 is 24.8 Å². The fourth-order valence-corrected chi connectivity index (χ4v) is 3.38. The third-order valence-electron chi connectivity index (χ3n) is 4.01. The Morgan fingerprint density at radius 1 is 0.882 bits per heavy atom. The highest BCUT2D eigenvalue weighted by Gasteiger charge is 2.62. The van der Waals surface area contributed by atoms with Crippen molar-refractivity contribution in [1.29, 1.82) is 0 Å². The molecule has 1 saturated heterocycles. The Morgan fingerprint density at radius 3 is 2.06 bits per heavy atom. The Morgan fingerprint density at radius 2 is 1.41 bits per heavy atom. The van der Waals surface area contributed by atoms with Crippen LogP contribution in [0.3, 0.4) is 0 Å². The fraction of sp³-hybridized carbons (Fsp3) is 0.833. The summed E-state index contributed by atoms with van der Waals surface area (Å²) in [6.45, 7) is 3.57. The molecule has 1 heterocycles. The zero-order valence-corrected chi connectivity index (χ0v) is 9.85. The lowest BCUT2D eigenvalue weighted by molar-refractivity contribution is -0.184. The first-order chi connectivity index (χ1) is 7.91. The second-order valence-corrected chi connectivity index (χ2v) is 5.58. The lowest BCUT2D eigenvalue weighted by Gasteiger charge is -2.34. The van der Waals surface area contributed by atoms with Gasteiger partial charge in [-0.2, -0.15) is 0 Å². The monoisotopic (exact) mass is 242 g/mol. The van der Waals surface area contributed by atoms with Crippen LogP contribution in [0.4, 0.5) is 0 Å². The number of rotatable bonds is 0. The van der Waals surface area contributed by atoms with Crippen molar-refractivity contribution in [2.45, 2.75) is 50.2 Å². The number of fused-ring (bicyclic) bond motifs is 3. The maximum atomic E-state index is 10.2. The van der Waals surface area contributed by atoms with Crippen LogP contribution in [-0.4, -0.2) is 51.6 Å². The van der Waals surface area contributed by atoms with Gasteiger partial charge in [-0.15, -0.1) is 0 Å². The van der Waals surface area contributed by atoms with E-state index in [1.54, 1.807) is 19.9 Å². The van der Waals surface area contributed by atoms with Crippen molar-refractivity contribution < 1.29 is 24.8 Å². The molecule has 0 aromatic rings. The van der Waals surface area contributed by atoms with Gasteiger partial charge in [-0.05, 0) is 13.8 Å². The highest BCUT2D eigenvalue weighted by Crippen LogP contribution is 2.48. The van der Waals surface area contributed by atoms with Crippen LogP contribution in [0.25, 0.3) is 0 Å². The highest BCUT2D eigenvalue weighted by atomic mass is 16.8. The average molecular weight is 242 g/mol. The topological polar surface area (TPSA) is 79.2 Å². The van der Waals surface area contributed by atoms with E-state index in [0.29, 0.717) is 0 Å². The van der Waals surface area contributed by atoms with E-state index in [4.69, 9.17) is 9.47 Å². The Labute approximate surface area is 99.7 Å². The zero-order valence-electron chi connectivity index (χ0n) is 9.85. The summed E-state index contributed by atoms with van der Waals surface area (Å²) in [6.07, 6.45) is 0.00617. The minimum Gasteiger partial charge on any atom is -0.390 e. The molecule has 0 unspecified atom stereocenters. The first-order valence-electron chi connectivity index (χ1n) is 5.99. The predicted molar refractivity (Wildman–Crippen MR) is 58.0 cm³/mol. The number of hydrogen-bond acceptors (Lipinski definition) is 5. The Hall–Kier alpha value is -0.460. The van der Waals surface area contributed by atoms with E-state index in [-0.39, 0.29) is 12.0 Å². The molecule has 0 amide bonds. The van der Waals surface area contributed by atoms with Gasteiger partial charge in [0.05, 0.1) is 24.4 Å². The molecule has 7 atom stereocenters. The van der Waals surface area contributed by atoms with E-state index in [1.807, 2.05) is 0 Å². The molecule has 0 spiro atoms. The Kier molecular flexibility index (Phi) is 2.41. The maximum absolute atomic E-state index is 10.2. The van der Waals surface area contributed by atoms with Crippen LogP contribution in [0.2, 0.25) is 0 Å². The van der Waals surface area contributed by atoms with Gasteiger partial charge in [0, 0.05) is 11.8 Å². The van der Waals surface area contributed by atoms with Crippen LogP contribution in [0.15, 0.2) is 12.2 Å². The van der Waals surface area contributed by atoms with E-state index in [2.05, 4.69) is 0 Å². The molecule has 2 aliphatic carbocycles. The van der Waals surface area contributed by atoms with Gasteiger partial charge in [-0.3, -0.25) is 0 Å². The summed E-state index contributed by atoms with van der Waals surface area (Å²) in [6, 6.07) is 0. The average Bonchev–Trinajstić information content (AvgIpc) is 2.67. The van der Waals surface area contributed by atoms with Crippen LogP contribution in [0.1, 0.15) is 13.8 Å². The van der Waals surface area contributed by atoms with Crippen LogP contribution in [0.5, 0.6) is 0 Å². The van der Waals surface area contributed by atoms with Gasteiger partial charge in [-0.25, -0.2) is 0 Å². The number of aliphatic hydroxyl groups excluding tert-OH is 3. The van der Waals surface area contributed by atoms with E-state index in [1.165, 1.54) is 6.08 Å². The Bertz CT molecular complexity index is 353. The van der Waals surface area contributed by atoms with Gasteiger partial charge in [-0.1, -0.05) is 12.2 Å². The normalized spacial score (nSPS) is 55.7. The van der Waals surface area contributed by atoms with Crippen molar-refractivity contribution in [1.82, 2.24) is 0 Å². The van der Waals surface area contributed by atoms with Crippen molar-refractivity contribution in [3.05, 3.63) is 12.2 Å². The quantitative estimate of drug-likeness (QED) is 0.495. The summed E-state index contributed by atoms with van der Waals surface area (Å²) in [4.78, 5) is 0. The number of hydrogen-bond donors (Lipinski definition) is 3. The molecule has 2 fully saturated rings. The summed E-state index contributed by atoms with van der Waals surface area (Å²) < 4.78 is 11.4. The minimum atomic E-state index is -0.804.